The van der Waals surface area contributed by atoms with Crippen LogP contribution in [0, 0.1) is 17.2 Å². The first kappa shape index (κ1) is 25.0. The lowest BCUT2D eigenvalue weighted by atomic mass is 9.79. The van der Waals surface area contributed by atoms with Crippen molar-refractivity contribution in [2.45, 2.75) is 18.8 Å². The zero-order valence-electron chi connectivity index (χ0n) is 24.0. The predicted octanol–water partition coefficient (Wildman–Crippen LogP) is 9.86. The van der Waals surface area contributed by atoms with Crippen LogP contribution in [-0.4, -0.2) is 9.97 Å². The molecule has 9 rings (SSSR count). The molecule has 2 atom stereocenters. The molecule has 1 fully saturated rings. The fourth-order valence-corrected chi connectivity index (χ4v) is 7.42. The molecule has 0 spiro atoms. The van der Waals surface area contributed by atoms with Gasteiger partial charge in [0.05, 0.1) is 23.0 Å². The standard InChI is InChI=1S/C41H27N3/c42-24-29-21-36-39-31(18-19-33(39)34-22-35(34)40(36)32-17-8-7-16-30(29)32)27-14-9-15-28(20-27)38-23-37(25-10-3-1-4-11-25)43-41(44-38)26-12-5-2-6-13-26/h1-18,20-21,23,34-35H,19,22H2. The molecule has 3 aliphatic rings. The van der Waals surface area contributed by atoms with E-state index in [9.17, 15) is 5.26 Å². The topological polar surface area (TPSA) is 49.6 Å². The average molecular weight is 562 g/mol. The van der Waals surface area contributed by atoms with Crippen molar-refractivity contribution in [2.75, 3.05) is 0 Å². The number of nitriles is 1. The van der Waals surface area contributed by atoms with Gasteiger partial charge in [-0.3, -0.25) is 0 Å². The summed E-state index contributed by atoms with van der Waals surface area (Å²) in [5.74, 6) is 1.89. The predicted molar refractivity (Wildman–Crippen MR) is 177 cm³/mol. The van der Waals surface area contributed by atoms with E-state index in [1.807, 2.05) is 42.5 Å². The maximum atomic E-state index is 10.1. The second-order valence-electron chi connectivity index (χ2n) is 12.0. The smallest absolute Gasteiger partial charge is 0.160 e. The van der Waals surface area contributed by atoms with E-state index in [0.717, 1.165) is 45.4 Å². The molecule has 3 nitrogen and oxygen atoms in total. The van der Waals surface area contributed by atoms with Gasteiger partial charge in [-0.1, -0.05) is 115 Å². The summed E-state index contributed by atoms with van der Waals surface area (Å²) in [4.78, 5) is 10.1. The van der Waals surface area contributed by atoms with Crippen LogP contribution in [0.4, 0.5) is 0 Å². The van der Waals surface area contributed by atoms with Crippen LogP contribution in [0.15, 0.2) is 133 Å². The highest BCUT2D eigenvalue weighted by Gasteiger charge is 2.49. The zero-order valence-corrected chi connectivity index (χ0v) is 24.0. The van der Waals surface area contributed by atoms with Crippen LogP contribution < -0.4 is 0 Å². The van der Waals surface area contributed by atoms with Crippen molar-refractivity contribution in [3.8, 4) is 40.0 Å². The van der Waals surface area contributed by atoms with E-state index in [1.54, 1.807) is 5.57 Å². The molecule has 1 saturated carbocycles. The molecule has 1 aromatic heterocycles. The van der Waals surface area contributed by atoms with Gasteiger partial charge in [-0.2, -0.15) is 5.26 Å². The van der Waals surface area contributed by atoms with Gasteiger partial charge < -0.3 is 0 Å². The SMILES string of the molecule is N#Cc1cc2c(c3ccccc13)C1CC1C1=C2C(c2cccc(-c3cc(-c4ccccc4)nc(-c4ccccc4)n3)c2)=CC1. The van der Waals surface area contributed by atoms with Gasteiger partial charge in [-0.25, -0.2) is 9.97 Å². The Labute approximate surface area is 256 Å². The minimum absolute atomic E-state index is 0.564. The summed E-state index contributed by atoms with van der Waals surface area (Å²) in [5, 5.41) is 12.4. The summed E-state index contributed by atoms with van der Waals surface area (Å²) in [5.41, 5.74) is 13.7. The first-order chi connectivity index (χ1) is 21.8. The minimum atomic E-state index is 0.564. The summed E-state index contributed by atoms with van der Waals surface area (Å²) in [6, 6.07) is 44.5. The first-order valence-electron chi connectivity index (χ1n) is 15.3. The van der Waals surface area contributed by atoms with Crippen LogP contribution >= 0.6 is 0 Å². The van der Waals surface area contributed by atoms with Crippen molar-refractivity contribution in [1.29, 1.82) is 5.26 Å². The fraction of sp³-hybridized carbons (Fsp3) is 0.0976. The molecule has 0 amide bonds. The Morgan fingerprint density at radius 1 is 0.614 bits per heavy atom. The molecule has 6 aromatic rings. The number of hydrogen-bond donors (Lipinski definition) is 0. The van der Waals surface area contributed by atoms with Gasteiger partial charge >= 0.3 is 0 Å². The van der Waals surface area contributed by atoms with Crippen LogP contribution in [0.5, 0.6) is 0 Å². The molecule has 3 heteroatoms. The van der Waals surface area contributed by atoms with E-state index >= 15 is 0 Å². The molecule has 44 heavy (non-hydrogen) atoms. The number of allylic oxidation sites excluding steroid dienone is 4. The van der Waals surface area contributed by atoms with Gasteiger partial charge in [-0.05, 0) is 81.5 Å². The summed E-state index contributed by atoms with van der Waals surface area (Å²) in [6.07, 6.45) is 4.59. The minimum Gasteiger partial charge on any atom is -0.228 e. The summed E-state index contributed by atoms with van der Waals surface area (Å²) in [6.45, 7) is 0. The van der Waals surface area contributed by atoms with E-state index in [4.69, 9.17) is 9.97 Å². The van der Waals surface area contributed by atoms with Gasteiger partial charge in [0.15, 0.2) is 5.82 Å². The highest BCUT2D eigenvalue weighted by molar-refractivity contribution is 6.13. The Bertz CT molecular complexity index is 2180. The van der Waals surface area contributed by atoms with E-state index in [1.165, 1.54) is 39.6 Å². The molecular weight excluding hydrogens is 534 g/mol. The molecule has 5 aromatic carbocycles. The molecule has 3 aliphatic carbocycles. The average Bonchev–Trinajstić information content (AvgIpc) is 3.77. The lowest BCUT2D eigenvalue weighted by molar-refractivity contribution is 0.903. The van der Waals surface area contributed by atoms with Gasteiger partial charge in [0.1, 0.15) is 0 Å². The van der Waals surface area contributed by atoms with Crippen molar-refractivity contribution in [2.24, 2.45) is 5.92 Å². The zero-order chi connectivity index (χ0) is 29.2. The fourth-order valence-electron chi connectivity index (χ4n) is 7.42. The molecule has 0 saturated heterocycles. The Kier molecular flexibility index (Phi) is 5.52. The number of fused-ring (bicyclic) bond motifs is 7. The van der Waals surface area contributed by atoms with Gasteiger partial charge in [0, 0.05) is 16.7 Å². The third-order valence-corrected chi connectivity index (χ3v) is 9.50. The number of hydrogen-bond acceptors (Lipinski definition) is 3. The van der Waals surface area contributed by atoms with E-state index in [2.05, 4.69) is 91.0 Å². The molecule has 0 bridgehead atoms. The highest BCUT2D eigenvalue weighted by atomic mass is 14.9. The molecule has 0 N–H and O–H groups in total. The van der Waals surface area contributed by atoms with Gasteiger partial charge in [0.25, 0.3) is 0 Å². The number of nitrogens with zero attached hydrogens (tertiary/aromatic N) is 3. The third kappa shape index (κ3) is 3.88. The molecular formula is C41H27N3. The number of rotatable bonds is 4. The Morgan fingerprint density at radius 2 is 1.27 bits per heavy atom. The largest absolute Gasteiger partial charge is 0.228 e. The summed E-state index contributed by atoms with van der Waals surface area (Å²) in [7, 11) is 0. The maximum Gasteiger partial charge on any atom is 0.160 e. The Balaban J connectivity index is 1.18. The molecule has 2 unspecified atom stereocenters. The highest BCUT2D eigenvalue weighted by Crippen LogP contribution is 2.64. The van der Waals surface area contributed by atoms with Gasteiger partial charge in [-0.15, -0.1) is 0 Å². The number of benzene rings is 5. The van der Waals surface area contributed by atoms with Crippen LogP contribution in [0.3, 0.4) is 0 Å². The third-order valence-electron chi connectivity index (χ3n) is 9.50. The van der Waals surface area contributed by atoms with E-state index in [-0.39, 0.29) is 0 Å². The normalized spacial score (nSPS) is 17.8. The first-order valence-corrected chi connectivity index (χ1v) is 15.3. The number of aromatic nitrogens is 2. The summed E-state index contributed by atoms with van der Waals surface area (Å²) >= 11 is 0. The monoisotopic (exact) mass is 561 g/mol. The van der Waals surface area contributed by atoms with Crippen LogP contribution in [-0.2, 0) is 0 Å². The van der Waals surface area contributed by atoms with E-state index in [0.29, 0.717) is 17.7 Å². The second-order valence-corrected chi connectivity index (χ2v) is 12.0. The van der Waals surface area contributed by atoms with Crippen molar-refractivity contribution < 1.29 is 0 Å². The van der Waals surface area contributed by atoms with Crippen LogP contribution in [0.25, 0.3) is 55.8 Å². The Morgan fingerprint density at radius 3 is 2.05 bits per heavy atom. The molecule has 0 radical (unpaired) electrons. The second kappa shape index (κ2) is 9.73. The quantitative estimate of drug-likeness (QED) is 0.215. The van der Waals surface area contributed by atoms with Crippen LogP contribution in [0.2, 0.25) is 0 Å². The lowest BCUT2D eigenvalue weighted by Gasteiger charge is -2.23. The van der Waals surface area contributed by atoms with Crippen molar-refractivity contribution in [3.05, 3.63) is 155 Å². The van der Waals surface area contributed by atoms with Crippen molar-refractivity contribution in [3.63, 3.8) is 0 Å². The lowest BCUT2D eigenvalue weighted by Crippen LogP contribution is -2.05. The Hall–Kier alpha value is -5.59. The van der Waals surface area contributed by atoms with Gasteiger partial charge in [0.2, 0.25) is 0 Å². The summed E-state index contributed by atoms with van der Waals surface area (Å²) < 4.78 is 0. The van der Waals surface area contributed by atoms with Crippen molar-refractivity contribution in [1.82, 2.24) is 9.97 Å². The molecule has 206 valence electrons. The maximum absolute atomic E-state index is 10.1. The van der Waals surface area contributed by atoms with Crippen molar-refractivity contribution >= 4 is 21.9 Å². The molecule has 0 aliphatic heterocycles. The van der Waals surface area contributed by atoms with E-state index < -0.39 is 0 Å². The molecule has 1 heterocycles. The van der Waals surface area contributed by atoms with Crippen LogP contribution in [0.1, 0.15) is 41.0 Å².